The van der Waals surface area contributed by atoms with Gasteiger partial charge in [0.1, 0.15) is 11.4 Å². The average Bonchev–Trinajstić information content (AvgIpc) is 2.44. The molecule has 0 fully saturated rings. The normalized spacial score (nSPS) is 10.7. The van der Waals surface area contributed by atoms with E-state index in [1.807, 2.05) is 30.3 Å². The van der Waals surface area contributed by atoms with Crippen LogP contribution in [0, 0.1) is 6.92 Å². The number of fused-ring (bicyclic) bond motifs is 1. The first-order chi connectivity index (χ1) is 9.65. The van der Waals surface area contributed by atoms with Crippen LogP contribution in [0.3, 0.4) is 0 Å². The second kappa shape index (κ2) is 4.94. The molecule has 0 unspecified atom stereocenters. The zero-order valence-electron chi connectivity index (χ0n) is 10.7. The number of halogens is 1. The Bertz CT molecular complexity index is 786. The molecular weight excluding hydrogens is 276 g/mol. The van der Waals surface area contributed by atoms with Crippen molar-refractivity contribution in [3.63, 3.8) is 0 Å². The van der Waals surface area contributed by atoms with Gasteiger partial charge in [-0.15, -0.1) is 0 Å². The molecule has 2 N–H and O–H groups in total. The van der Waals surface area contributed by atoms with Crippen molar-refractivity contribution in [2.45, 2.75) is 6.92 Å². The molecule has 5 nitrogen and oxygen atoms in total. The summed E-state index contributed by atoms with van der Waals surface area (Å²) in [5.41, 5.74) is 7.71. The SMILES string of the molecule is Cc1nc(Cl)nc(Oc2cccc3ncccc23)c1N. The Hall–Kier alpha value is -2.40. The number of ether oxygens (including phenoxy) is 1. The van der Waals surface area contributed by atoms with E-state index < -0.39 is 0 Å². The van der Waals surface area contributed by atoms with Gasteiger partial charge in [0.25, 0.3) is 0 Å². The van der Waals surface area contributed by atoms with Crippen LogP contribution in [0.1, 0.15) is 5.69 Å². The first-order valence-corrected chi connectivity index (χ1v) is 6.34. The monoisotopic (exact) mass is 286 g/mol. The van der Waals surface area contributed by atoms with Crippen molar-refractivity contribution >= 4 is 28.2 Å². The summed E-state index contributed by atoms with van der Waals surface area (Å²) in [6.45, 7) is 1.75. The number of nitrogens with two attached hydrogens (primary N) is 1. The Morgan fingerprint density at radius 1 is 1.15 bits per heavy atom. The number of anilines is 1. The highest BCUT2D eigenvalue weighted by molar-refractivity contribution is 6.28. The molecule has 0 atom stereocenters. The van der Waals surface area contributed by atoms with Crippen molar-refractivity contribution in [3.8, 4) is 11.6 Å². The summed E-state index contributed by atoms with van der Waals surface area (Å²) in [5, 5.41) is 0.979. The molecule has 0 aliphatic carbocycles. The number of aryl methyl sites for hydroxylation is 1. The standard InChI is InChI=1S/C14H11ClN4O/c1-8-12(16)13(19-14(15)18-8)20-11-6-2-5-10-9(11)4-3-7-17-10/h2-7H,16H2,1H3. The lowest BCUT2D eigenvalue weighted by Crippen LogP contribution is -2.01. The molecule has 1 aromatic carbocycles. The minimum absolute atomic E-state index is 0.102. The third kappa shape index (κ3) is 2.23. The fourth-order valence-electron chi connectivity index (χ4n) is 1.87. The lowest BCUT2D eigenvalue weighted by Gasteiger charge is -2.10. The maximum absolute atomic E-state index is 5.92. The van der Waals surface area contributed by atoms with Gasteiger partial charge in [0.2, 0.25) is 11.2 Å². The summed E-state index contributed by atoms with van der Waals surface area (Å²) in [5.74, 6) is 0.871. The Morgan fingerprint density at radius 3 is 2.85 bits per heavy atom. The lowest BCUT2D eigenvalue weighted by molar-refractivity contribution is 0.469. The zero-order chi connectivity index (χ0) is 14.1. The molecule has 3 rings (SSSR count). The van der Waals surface area contributed by atoms with Crippen LogP contribution in [0.5, 0.6) is 11.6 Å². The van der Waals surface area contributed by atoms with E-state index in [1.54, 1.807) is 13.1 Å². The topological polar surface area (TPSA) is 73.9 Å². The van der Waals surface area contributed by atoms with Gasteiger partial charge in [-0.25, -0.2) is 4.98 Å². The Morgan fingerprint density at radius 2 is 2.00 bits per heavy atom. The minimum Gasteiger partial charge on any atom is -0.436 e. The fourth-order valence-corrected chi connectivity index (χ4v) is 2.07. The second-order valence-electron chi connectivity index (χ2n) is 4.23. The lowest BCUT2D eigenvalue weighted by atomic mass is 10.2. The highest BCUT2D eigenvalue weighted by atomic mass is 35.5. The number of hydrogen-bond acceptors (Lipinski definition) is 5. The Labute approximate surface area is 120 Å². The zero-order valence-corrected chi connectivity index (χ0v) is 11.4. The van der Waals surface area contributed by atoms with Gasteiger partial charge in [-0.2, -0.15) is 4.98 Å². The van der Waals surface area contributed by atoms with Crippen molar-refractivity contribution in [2.75, 3.05) is 5.73 Å². The first-order valence-electron chi connectivity index (χ1n) is 5.96. The number of aromatic nitrogens is 3. The fraction of sp³-hybridized carbons (Fsp3) is 0.0714. The van der Waals surface area contributed by atoms with Crippen LogP contribution in [-0.2, 0) is 0 Å². The van der Waals surface area contributed by atoms with E-state index in [1.165, 1.54) is 0 Å². The van der Waals surface area contributed by atoms with Gasteiger partial charge in [-0.3, -0.25) is 4.98 Å². The summed E-state index contributed by atoms with van der Waals surface area (Å²) in [6, 6.07) is 9.36. The number of pyridine rings is 1. The van der Waals surface area contributed by atoms with Crippen LogP contribution in [0.25, 0.3) is 10.9 Å². The molecule has 2 aromatic heterocycles. The molecule has 2 heterocycles. The van der Waals surface area contributed by atoms with Crippen molar-refractivity contribution in [1.29, 1.82) is 0 Å². The van der Waals surface area contributed by atoms with Gasteiger partial charge < -0.3 is 10.5 Å². The molecule has 0 aliphatic rings. The third-order valence-electron chi connectivity index (χ3n) is 2.89. The molecule has 0 radical (unpaired) electrons. The molecule has 0 spiro atoms. The average molecular weight is 287 g/mol. The van der Waals surface area contributed by atoms with Gasteiger partial charge in [0.05, 0.1) is 11.2 Å². The highest BCUT2D eigenvalue weighted by Crippen LogP contribution is 2.32. The van der Waals surface area contributed by atoms with Crippen LogP contribution >= 0.6 is 11.6 Å². The van der Waals surface area contributed by atoms with Crippen LogP contribution in [0.4, 0.5) is 5.69 Å². The summed E-state index contributed by atoms with van der Waals surface area (Å²) < 4.78 is 5.78. The second-order valence-corrected chi connectivity index (χ2v) is 4.56. The van der Waals surface area contributed by atoms with Crippen LogP contribution in [-0.4, -0.2) is 15.0 Å². The van der Waals surface area contributed by atoms with Gasteiger partial charge >= 0.3 is 0 Å². The minimum atomic E-state index is 0.102. The van der Waals surface area contributed by atoms with Gasteiger partial charge in [0.15, 0.2) is 0 Å². The molecule has 0 saturated carbocycles. The molecule has 0 saturated heterocycles. The largest absolute Gasteiger partial charge is 0.436 e. The Kier molecular flexibility index (Phi) is 3.12. The van der Waals surface area contributed by atoms with Gasteiger partial charge in [-0.1, -0.05) is 6.07 Å². The Balaban J connectivity index is 2.10. The predicted molar refractivity (Wildman–Crippen MR) is 78.0 cm³/mol. The predicted octanol–water partition coefficient (Wildman–Crippen LogP) is 3.36. The van der Waals surface area contributed by atoms with E-state index in [0.29, 0.717) is 17.1 Å². The molecule has 0 bridgehead atoms. The van der Waals surface area contributed by atoms with Crippen molar-refractivity contribution in [2.24, 2.45) is 0 Å². The van der Waals surface area contributed by atoms with Crippen molar-refractivity contribution in [3.05, 3.63) is 47.5 Å². The van der Waals surface area contributed by atoms with E-state index >= 15 is 0 Å². The summed E-state index contributed by atoms with van der Waals surface area (Å²) in [4.78, 5) is 12.3. The third-order valence-corrected chi connectivity index (χ3v) is 3.06. The maximum Gasteiger partial charge on any atom is 0.247 e. The summed E-state index contributed by atoms with van der Waals surface area (Å²) in [6.07, 6.45) is 1.73. The molecule has 20 heavy (non-hydrogen) atoms. The number of rotatable bonds is 2. The molecule has 100 valence electrons. The van der Waals surface area contributed by atoms with E-state index in [0.717, 1.165) is 10.9 Å². The first kappa shape index (κ1) is 12.6. The van der Waals surface area contributed by atoms with Crippen molar-refractivity contribution < 1.29 is 4.74 Å². The highest BCUT2D eigenvalue weighted by Gasteiger charge is 2.11. The van der Waals surface area contributed by atoms with Crippen LogP contribution in [0.15, 0.2) is 36.5 Å². The van der Waals surface area contributed by atoms with E-state index in [-0.39, 0.29) is 11.2 Å². The van der Waals surface area contributed by atoms with Crippen molar-refractivity contribution in [1.82, 2.24) is 15.0 Å². The molecule has 0 aliphatic heterocycles. The summed E-state index contributed by atoms with van der Waals surface area (Å²) in [7, 11) is 0. The number of nitrogen functional groups attached to an aromatic ring is 1. The summed E-state index contributed by atoms with van der Waals surface area (Å²) >= 11 is 5.84. The van der Waals surface area contributed by atoms with E-state index in [2.05, 4.69) is 15.0 Å². The smallest absolute Gasteiger partial charge is 0.247 e. The van der Waals surface area contributed by atoms with Gasteiger partial charge in [0, 0.05) is 11.6 Å². The van der Waals surface area contributed by atoms with Gasteiger partial charge in [-0.05, 0) is 42.8 Å². The molecule has 3 aromatic rings. The van der Waals surface area contributed by atoms with Crippen LogP contribution < -0.4 is 10.5 Å². The number of hydrogen-bond donors (Lipinski definition) is 1. The quantitative estimate of drug-likeness (QED) is 0.731. The maximum atomic E-state index is 5.92. The van der Waals surface area contributed by atoms with Crippen LogP contribution in [0.2, 0.25) is 5.28 Å². The van der Waals surface area contributed by atoms with E-state index in [4.69, 9.17) is 22.1 Å². The number of benzene rings is 1. The molecule has 0 amide bonds. The molecule has 6 heteroatoms. The molecular formula is C14H11ClN4O. The number of nitrogens with zero attached hydrogens (tertiary/aromatic N) is 3. The van der Waals surface area contributed by atoms with E-state index in [9.17, 15) is 0 Å².